The Labute approximate surface area is 142 Å². The third-order valence-electron chi connectivity index (χ3n) is 5.05. The van der Waals surface area contributed by atoms with Crippen LogP contribution in [0.4, 0.5) is 0 Å². The normalized spacial score (nSPS) is 18.0. The molecule has 1 aromatic rings. The molecule has 0 spiro atoms. The fourth-order valence-corrected chi connectivity index (χ4v) is 3.70. The van der Waals surface area contributed by atoms with E-state index in [1.165, 1.54) is 24.0 Å². The molecule has 1 aliphatic heterocycles. The van der Waals surface area contributed by atoms with Crippen LogP contribution in [0.1, 0.15) is 53.6 Å². The van der Waals surface area contributed by atoms with E-state index in [-0.39, 0.29) is 24.9 Å². The van der Waals surface area contributed by atoms with Crippen molar-refractivity contribution in [1.29, 1.82) is 0 Å². The van der Waals surface area contributed by atoms with E-state index in [9.17, 15) is 9.59 Å². The molecule has 24 heavy (non-hydrogen) atoms. The zero-order valence-electron chi connectivity index (χ0n) is 14.0. The van der Waals surface area contributed by atoms with Crippen molar-refractivity contribution in [2.75, 3.05) is 19.8 Å². The number of carbonyl (C=O) groups is 2. The van der Waals surface area contributed by atoms with Crippen LogP contribution >= 0.6 is 0 Å². The van der Waals surface area contributed by atoms with Gasteiger partial charge in [-0.1, -0.05) is 6.07 Å². The summed E-state index contributed by atoms with van der Waals surface area (Å²) in [4.78, 5) is 25.8. The number of hydrogen-bond acceptors (Lipinski definition) is 3. The lowest BCUT2D eigenvalue weighted by molar-refractivity contribution is -0.137. The predicted octanol–water partition coefficient (Wildman–Crippen LogP) is 2.66. The largest absolute Gasteiger partial charge is 0.481 e. The van der Waals surface area contributed by atoms with Gasteiger partial charge in [0.1, 0.15) is 0 Å². The fraction of sp³-hybridized carbons (Fsp3) is 0.579. The maximum absolute atomic E-state index is 13.0. The molecule has 1 heterocycles. The van der Waals surface area contributed by atoms with Crippen LogP contribution in [0.5, 0.6) is 0 Å². The highest BCUT2D eigenvalue weighted by Crippen LogP contribution is 2.24. The first-order valence-corrected chi connectivity index (χ1v) is 8.87. The van der Waals surface area contributed by atoms with Crippen molar-refractivity contribution in [2.45, 2.75) is 51.0 Å². The maximum Gasteiger partial charge on any atom is 0.305 e. The first-order chi connectivity index (χ1) is 11.6. The molecule has 2 aliphatic rings. The Morgan fingerprint density at radius 2 is 1.83 bits per heavy atom. The van der Waals surface area contributed by atoms with Crippen LogP contribution < -0.4 is 0 Å². The van der Waals surface area contributed by atoms with Gasteiger partial charge in [0.15, 0.2) is 0 Å². The molecule has 5 heteroatoms. The third-order valence-corrected chi connectivity index (χ3v) is 5.05. The second-order valence-electron chi connectivity index (χ2n) is 6.68. The highest BCUT2D eigenvalue weighted by Gasteiger charge is 2.27. The summed E-state index contributed by atoms with van der Waals surface area (Å²) in [7, 11) is 0. The number of ether oxygens (including phenoxy) is 1. The molecule has 0 bridgehead atoms. The number of carbonyl (C=O) groups excluding carboxylic acids is 1. The summed E-state index contributed by atoms with van der Waals surface area (Å²) in [5.74, 6) is -0.915. The van der Waals surface area contributed by atoms with Crippen molar-refractivity contribution in [3.8, 4) is 0 Å². The minimum absolute atomic E-state index is 0.0198. The molecule has 0 radical (unpaired) electrons. The SMILES string of the molecule is O=C(O)CCN(C(=O)c1ccc2c(c1)CCCC2)C1CCOCC1. The van der Waals surface area contributed by atoms with Gasteiger partial charge in [-0.05, 0) is 61.8 Å². The first kappa shape index (κ1) is 17.0. The minimum atomic E-state index is -0.870. The van der Waals surface area contributed by atoms with Crippen LogP contribution in [0.2, 0.25) is 0 Å². The van der Waals surface area contributed by atoms with Gasteiger partial charge in [-0.15, -0.1) is 0 Å². The summed E-state index contributed by atoms with van der Waals surface area (Å²) in [6.07, 6.45) is 6.04. The van der Waals surface area contributed by atoms with E-state index in [1.54, 1.807) is 4.90 Å². The Kier molecular flexibility index (Phi) is 5.51. The lowest BCUT2D eigenvalue weighted by Crippen LogP contribution is -2.44. The summed E-state index contributed by atoms with van der Waals surface area (Å²) < 4.78 is 5.38. The van der Waals surface area contributed by atoms with E-state index >= 15 is 0 Å². The van der Waals surface area contributed by atoms with Crippen molar-refractivity contribution in [1.82, 2.24) is 4.90 Å². The molecule has 0 atom stereocenters. The molecule has 0 aromatic heterocycles. The van der Waals surface area contributed by atoms with Crippen LogP contribution in [0, 0.1) is 0 Å². The lowest BCUT2D eigenvalue weighted by Gasteiger charge is -2.34. The molecule has 1 aliphatic carbocycles. The van der Waals surface area contributed by atoms with Gasteiger partial charge in [-0.2, -0.15) is 0 Å². The van der Waals surface area contributed by atoms with E-state index in [0.717, 1.165) is 25.7 Å². The van der Waals surface area contributed by atoms with Crippen LogP contribution in [0.15, 0.2) is 18.2 Å². The standard InChI is InChI=1S/C19H25NO4/c21-18(22)7-10-20(17-8-11-24-12-9-17)19(23)16-6-5-14-3-1-2-4-15(14)13-16/h5-6,13,17H,1-4,7-12H2,(H,21,22). The van der Waals surface area contributed by atoms with Gasteiger partial charge >= 0.3 is 5.97 Å². The van der Waals surface area contributed by atoms with Gasteiger partial charge < -0.3 is 14.7 Å². The first-order valence-electron chi connectivity index (χ1n) is 8.87. The zero-order chi connectivity index (χ0) is 16.9. The molecule has 5 nitrogen and oxygen atoms in total. The smallest absolute Gasteiger partial charge is 0.305 e. The Morgan fingerprint density at radius 3 is 2.54 bits per heavy atom. The summed E-state index contributed by atoms with van der Waals surface area (Å²) in [6, 6.07) is 6.06. The molecular weight excluding hydrogens is 306 g/mol. The van der Waals surface area contributed by atoms with Crippen molar-refractivity contribution in [3.05, 3.63) is 34.9 Å². The van der Waals surface area contributed by atoms with E-state index in [4.69, 9.17) is 9.84 Å². The molecular formula is C19H25NO4. The Balaban J connectivity index is 1.80. The topological polar surface area (TPSA) is 66.8 Å². The maximum atomic E-state index is 13.0. The number of carboxylic acid groups (broad SMARTS) is 1. The molecule has 1 fully saturated rings. The van der Waals surface area contributed by atoms with Gasteiger partial charge in [-0.3, -0.25) is 9.59 Å². The number of rotatable bonds is 5. The van der Waals surface area contributed by atoms with Crippen molar-refractivity contribution in [2.24, 2.45) is 0 Å². The molecule has 1 aromatic carbocycles. The summed E-state index contributed by atoms with van der Waals surface area (Å²) in [5.41, 5.74) is 3.31. The van der Waals surface area contributed by atoms with Gasteiger partial charge in [0, 0.05) is 31.4 Å². The third kappa shape index (κ3) is 3.96. The van der Waals surface area contributed by atoms with Crippen molar-refractivity contribution < 1.29 is 19.4 Å². The summed E-state index contributed by atoms with van der Waals surface area (Å²) >= 11 is 0. The molecule has 3 rings (SSSR count). The number of carboxylic acids is 1. The highest BCUT2D eigenvalue weighted by molar-refractivity contribution is 5.95. The molecule has 0 saturated carbocycles. The lowest BCUT2D eigenvalue weighted by atomic mass is 9.90. The molecule has 1 amide bonds. The number of benzene rings is 1. The van der Waals surface area contributed by atoms with Crippen LogP contribution in [0.3, 0.4) is 0 Å². The molecule has 1 saturated heterocycles. The van der Waals surface area contributed by atoms with E-state index < -0.39 is 5.97 Å². The van der Waals surface area contributed by atoms with E-state index in [1.807, 2.05) is 12.1 Å². The Hall–Kier alpha value is -1.88. The molecule has 130 valence electrons. The second kappa shape index (κ2) is 7.79. The summed E-state index contributed by atoms with van der Waals surface area (Å²) in [6.45, 7) is 1.52. The van der Waals surface area contributed by atoms with Gasteiger partial charge in [-0.25, -0.2) is 0 Å². The Morgan fingerprint density at radius 1 is 1.12 bits per heavy atom. The highest BCUT2D eigenvalue weighted by atomic mass is 16.5. The van der Waals surface area contributed by atoms with Gasteiger partial charge in [0.2, 0.25) is 0 Å². The monoisotopic (exact) mass is 331 g/mol. The van der Waals surface area contributed by atoms with Crippen LogP contribution in [-0.2, 0) is 22.4 Å². The van der Waals surface area contributed by atoms with Crippen LogP contribution in [0.25, 0.3) is 0 Å². The average Bonchev–Trinajstić information content (AvgIpc) is 2.62. The number of fused-ring (bicyclic) bond motifs is 1. The fourth-order valence-electron chi connectivity index (χ4n) is 3.70. The predicted molar refractivity (Wildman–Crippen MR) is 90.2 cm³/mol. The van der Waals surface area contributed by atoms with E-state index in [0.29, 0.717) is 18.8 Å². The number of aryl methyl sites for hydroxylation is 2. The zero-order valence-corrected chi connectivity index (χ0v) is 14.0. The number of hydrogen-bond donors (Lipinski definition) is 1. The minimum Gasteiger partial charge on any atom is -0.481 e. The van der Waals surface area contributed by atoms with Crippen molar-refractivity contribution in [3.63, 3.8) is 0 Å². The van der Waals surface area contributed by atoms with Gasteiger partial charge in [0.05, 0.1) is 6.42 Å². The molecule has 1 N–H and O–H groups in total. The number of aliphatic carboxylic acids is 1. The Bertz CT molecular complexity index is 607. The number of nitrogens with zero attached hydrogens (tertiary/aromatic N) is 1. The average molecular weight is 331 g/mol. The molecule has 0 unspecified atom stereocenters. The number of amides is 1. The quantitative estimate of drug-likeness (QED) is 0.901. The van der Waals surface area contributed by atoms with Crippen LogP contribution in [-0.4, -0.2) is 47.7 Å². The van der Waals surface area contributed by atoms with Crippen molar-refractivity contribution >= 4 is 11.9 Å². The summed E-state index contributed by atoms with van der Waals surface area (Å²) in [5, 5.41) is 9.01. The van der Waals surface area contributed by atoms with Gasteiger partial charge in [0.25, 0.3) is 5.91 Å². The van der Waals surface area contributed by atoms with E-state index in [2.05, 4.69) is 6.07 Å². The second-order valence-corrected chi connectivity index (χ2v) is 6.68.